The van der Waals surface area contributed by atoms with E-state index < -0.39 is 6.04 Å². The number of urea groups is 1. The maximum absolute atomic E-state index is 12.8. The van der Waals surface area contributed by atoms with E-state index in [0.717, 1.165) is 38.0 Å². The number of nitrogens with zero attached hydrogens (tertiary/aromatic N) is 2. The van der Waals surface area contributed by atoms with Crippen molar-refractivity contribution in [3.05, 3.63) is 71.8 Å². The first kappa shape index (κ1) is 17.7. The highest BCUT2D eigenvalue weighted by atomic mass is 16.2. The molecule has 1 unspecified atom stereocenters. The molecular formula is C22H25N3O2. The number of carbonyl (C=O) groups excluding carboxylic acids is 2. The highest BCUT2D eigenvalue weighted by Crippen LogP contribution is 2.23. The van der Waals surface area contributed by atoms with Gasteiger partial charge in [0.15, 0.2) is 0 Å². The second-order valence-electron chi connectivity index (χ2n) is 7.39. The van der Waals surface area contributed by atoms with Crippen molar-refractivity contribution in [2.24, 2.45) is 0 Å². The summed E-state index contributed by atoms with van der Waals surface area (Å²) in [5.74, 6) is -0.0784. The quantitative estimate of drug-likeness (QED) is 0.831. The summed E-state index contributed by atoms with van der Waals surface area (Å²) >= 11 is 0. The number of nitrogens with one attached hydrogen (secondary N) is 1. The van der Waals surface area contributed by atoms with Gasteiger partial charge >= 0.3 is 6.03 Å². The van der Waals surface area contributed by atoms with Crippen LogP contribution in [0.25, 0.3) is 0 Å². The number of rotatable bonds is 5. The lowest BCUT2D eigenvalue weighted by atomic mass is 10.0. The molecule has 140 valence electrons. The van der Waals surface area contributed by atoms with E-state index in [2.05, 4.69) is 34.5 Å². The fraction of sp³-hybridized carbons (Fsp3) is 0.364. The second-order valence-corrected chi connectivity index (χ2v) is 7.39. The van der Waals surface area contributed by atoms with Crippen LogP contribution in [0.15, 0.2) is 60.7 Å². The van der Waals surface area contributed by atoms with E-state index in [1.807, 2.05) is 36.4 Å². The van der Waals surface area contributed by atoms with Crippen molar-refractivity contribution in [3.8, 4) is 0 Å². The topological polar surface area (TPSA) is 52.7 Å². The van der Waals surface area contributed by atoms with Crippen molar-refractivity contribution in [1.82, 2.24) is 15.1 Å². The van der Waals surface area contributed by atoms with Crippen molar-refractivity contribution >= 4 is 11.9 Å². The van der Waals surface area contributed by atoms with E-state index in [1.165, 1.54) is 10.5 Å². The minimum atomic E-state index is -0.442. The number of imide groups is 1. The lowest BCUT2D eigenvalue weighted by Crippen LogP contribution is -2.47. The van der Waals surface area contributed by atoms with Gasteiger partial charge in [0.1, 0.15) is 6.04 Å². The van der Waals surface area contributed by atoms with Crippen LogP contribution in [0.3, 0.4) is 0 Å². The summed E-state index contributed by atoms with van der Waals surface area (Å²) in [7, 11) is 0. The van der Waals surface area contributed by atoms with E-state index in [0.29, 0.717) is 6.42 Å². The minimum absolute atomic E-state index is 0.00490. The SMILES string of the molecule is O=C1NC(Cc2ccccc2)C(=O)N1C1CCN(Cc2ccccc2)CC1. The lowest BCUT2D eigenvalue weighted by molar-refractivity contribution is -0.129. The summed E-state index contributed by atoms with van der Waals surface area (Å²) in [4.78, 5) is 29.1. The number of piperidine rings is 1. The number of hydrogen-bond acceptors (Lipinski definition) is 3. The van der Waals surface area contributed by atoms with Gasteiger partial charge in [-0.2, -0.15) is 0 Å². The lowest BCUT2D eigenvalue weighted by Gasteiger charge is -2.35. The molecule has 0 aliphatic carbocycles. The predicted molar refractivity (Wildman–Crippen MR) is 104 cm³/mol. The summed E-state index contributed by atoms with van der Waals surface area (Å²) < 4.78 is 0. The third-order valence-electron chi connectivity index (χ3n) is 5.51. The third kappa shape index (κ3) is 4.03. The monoisotopic (exact) mass is 363 g/mol. The maximum atomic E-state index is 12.8. The number of hydrogen-bond donors (Lipinski definition) is 1. The molecule has 27 heavy (non-hydrogen) atoms. The summed E-state index contributed by atoms with van der Waals surface area (Å²) in [6.45, 7) is 2.73. The second kappa shape index (κ2) is 7.92. The molecule has 0 bridgehead atoms. The summed E-state index contributed by atoms with van der Waals surface area (Å²) in [5, 5.41) is 2.87. The zero-order valence-electron chi connectivity index (χ0n) is 15.4. The molecule has 1 atom stereocenters. The molecule has 0 saturated carbocycles. The molecule has 2 fully saturated rings. The van der Waals surface area contributed by atoms with Gasteiger partial charge in [0.05, 0.1) is 0 Å². The molecule has 2 aliphatic rings. The Bertz CT molecular complexity index is 786. The normalized spacial score (nSPS) is 21.5. The Balaban J connectivity index is 1.34. The van der Waals surface area contributed by atoms with Gasteiger partial charge in [-0.3, -0.25) is 14.6 Å². The number of benzene rings is 2. The molecular weight excluding hydrogens is 338 g/mol. The summed E-state index contributed by atoms with van der Waals surface area (Å²) in [5.41, 5.74) is 2.37. The van der Waals surface area contributed by atoms with Crippen LogP contribution in [0.2, 0.25) is 0 Å². The first-order valence-electron chi connectivity index (χ1n) is 9.64. The molecule has 0 spiro atoms. The van der Waals surface area contributed by atoms with Crippen LogP contribution in [-0.2, 0) is 17.8 Å². The van der Waals surface area contributed by atoms with Crippen LogP contribution < -0.4 is 5.32 Å². The molecule has 2 aromatic carbocycles. The standard InChI is InChI=1S/C22H25N3O2/c26-21-20(15-17-7-3-1-4-8-17)23-22(27)25(21)19-11-13-24(14-12-19)16-18-9-5-2-6-10-18/h1-10,19-20H,11-16H2,(H,23,27). The first-order chi connectivity index (χ1) is 13.2. The molecule has 5 heteroatoms. The smallest absolute Gasteiger partial charge is 0.325 e. The summed E-state index contributed by atoms with van der Waals surface area (Å²) in [6, 6.07) is 19.6. The Morgan fingerprint density at radius 3 is 2.07 bits per heavy atom. The maximum Gasteiger partial charge on any atom is 0.325 e. The predicted octanol–water partition coefficient (Wildman–Crippen LogP) is 2.81. The van der Waals surface area contributed by atoms with E-state index >= 15 is 0 Å². The average molecular weight is 363 g/mol. The van der Waals surface area contributed by atoms with Gasteiger partial charge in [-0.05, 0) is 24.0 Å². The third-order valence-corrected chi connectivity index (χ3v) is 5.51. The van der Waals surface area contributed by atoms with E-state index in [1.54, 1.807) is 0 Å². The molecule has 4 rings (SSSR count). The fourth-order valence-corrected chi connectivity index (χ4v) is 4.06. The van der Waals surface area contributed by atoms with E-state index in [4.69, 9.17) is 0 Å². The first-order valence-corrected chi connectivity index (χ1v) is 9.64. The molecule has 2 aromatic rings. The minimum Gasteiger partial charge on any atom is -0.325 e. The van der Waals surface area contributed by atoms with Gasteiger partial charge in [-0.1, -0.05) is 60.7 Å². The number of amides is 3. The van der Waals surface area contributed by atoms with Gasteiger partial charge in [0.25, 0.3) is 5.91 Å². The average Bonchev–Trinajstić information content (AvgIpc) is 2.97. The number of carbonyl (C=O) groups is 2. The highest BCUT2D eigenvalue weighted by Gasteiger charge is 2.42. The van der Waals surface area contributed by atoms with Crippen molar-refractivity contribution < 1.29 is 9.59 Å². The molecule has 2 heterocycles. The molecule has 0 radical (unpaired) electrons. The van der Waals surface area contributed by atoms with Gasteiger partial charge in [0, 0.05) is 32.1 Å². The molecule has 0 aromatic heterocycles. The molecule has 5 nitrogen and oxygen atoms in total. The van der Waals surface area contributed by atoms with E-state index in [9.17, 15) is 9.59 Å². The molecule has 2 aliphatic heterocycles. The Morgan fingerprint density at radius 1 is 0.852 bits per heavy atom. The Morgan fingerprint density at radius 2 is 1.44 bits per heavy atom. The van der Waals surface area contributed by atoms with Gasteiger partial charge in [-0.25, -0.2) is 4.79 Å². The van der Waals surface area contributed by atoms with Gasteiger partial charge in [-0.15, -0.1) is 0 Å². The zero-order valence-corrected chi connectivity index (χ0v) is 15.4. The molecule has 1 N–H and O–H groups in total. The van der Waals surface area contributed by atoms with Crippen LogP contribution in [0.4, 0.5) is 4.79 Å². The Hall–Kier alpha value is -2.66. The van der Waals surface area contributed by atoms with Gasteiger partial charge in [0.2, 0.25) is 0 Å². The zero-order chi connectivity index (χ0) is 18.6. The van der Waals surface area contributed by atoms with Crippen LogP contribution in [0, 0.1) is 0 Å². The largest absolute Gasteiger partial charge is 0.325 e. The number of likely N-dealkylation sites (tertiary alicyclic amines) is 1. The van der Waals surface area contributed by atoms with Crippen LogP contribution in [0.5, 0.6) is 0 Å². The van der Waals surface area contributed by atoms with Crippen molar-refractivity contribution in [2.45, 2.75) is 37.9 Å². The van der Waals surface area contributed by atoms with Gasteiger partial charge < -0.3 is 5.32 Å². The van der Waals surface area contributed by atoms with Crippen LogP contribution in [0.1, 0.15) is 24.0 Å². The van der Waals surface area contributed by atoms with Crippen molar-refractivity contribution in [3.63, 3.8) is 0 Å². The molecule has 3 amide bonds. The molecule has 2 saturated heterocycles. The van der Waals surface area contributed by atoms with Crippen molar-refractivity contribution in [1.29, 1.82) is 0 Å². The van der Waals surface area contributed by atoms with E-state index in [-0.39, 0.29) is 18.0 Å². The van der Waals surface area contributed by atoms with Crippen LogP contribution in [-0.4, -0.2) is 46.9 Å². The highest BCUT2D eigenvalue weighted by molar-refractivity contribution is 6.04. The Kier molecular flexibility index (Phi) is 5.21. The summed E-state index contributed by atoms with van der Waals surface area (Å²) in [6.07, 6.45) is 2.23. The van der Waals surface area contributed by atoms with Crippen LogP contribution >= 0.6 is 0 Å². The van der Waals surface area contributed by atoms with Crippen molar-refractivity contribution in [2.75, 3.05) is 13.1 Å². The Labute approximate surface area is 160 Å². The fourth-order valence-electron chi connectivity index (χ4n) is 4.06.